The van der Waals surface area contributed by atoms with Crippen LogP contribution in [0.5, 0.6) is 5.75 Å². The van der Waals surface area contributed by atoms with Crippen LogP contribution in [-0.4, -0.2) is 37.2 Å². The van der Waals surface area contributed by atoms with E-state index >= 15 is 0 Å². The highest BCUT2D eigenvalue weighted by molar-refractivity contribution is 5.64. The third-order valence-electron chi connectivity index (χ3n) is 3.95. The van der Waals surface area contributed by atoms with Gasteiger partial charge in [-0.3, -0.25) is 0 Å². The van der Waals surface area contributed by atoms with Crippen LogP contribution in [0.15, 0.2) is 6.33 Å². The van der Waals surface area contributed by atoms with Crippen LogP contribution in [0.3, 0.4) is 0 Å². The standard InChI is InChI=1S/C15H26N4O/c1-4-16-14-13(20-3)15(18-11-17-14)19(2)10-12-8-6-5-7-9-12/h11-12H,4-10H2,1-3H3,(H,16,17,18). The molecule has 0 unspecified atom stereocenters. The quantitative estimate of drug-likeness (QED) is 0.867. The average molecular weight is 278 g/mol. The van der Waals surface area contributed by atoms with Gasteiger partial charge < -0.3 is 15.0 Å². The molecule has 5 nitrogen and oxygen atoms in total. The summed E-state index contributed by atoms with van der Waals surface area (Å²) in [6.07, 6.45) is 8.38. The number of methoxy groups -OCH3 is 1. The van der Waals surface area contributed by atoms with Crippen molar-refractivity contribution in [2.75, 3.05) is 37.5 Å². The van der Waals surface area contributed by atoms with E-state index in [1.54, 1.807) is 13.4 Å². The minimum absolute atomic E-state index is 0.743. The van der Waals surface area contributed by atoms with Crippen LogP contribution in [0.2, 0.25) is 0 Å². The largest absolute Gasteiger partial charge is 0.490 e. The van der Waals surface area contributed by atoms with Gasteiger partial charge in [0.25, 0.3) is 0 Å². The van der Waals surface area contributed by atoms with E-state index in [1.807, 2.05) is 6.92 Å². The molecule has 0 atom stereocenters. The van der Waals surface area contributed by atoms with Crippen molar-refractivity contribution in [3.63, 3.8) is 0 Å². The van der Waals surface area contributed by atoms with Gasteiger partial charge in [0.2, 0.25) is 5.75 Å². The molecule has 20 heavy (non-hydrogen) atoms. The van der Waals surface area contributed by atoms with E-state index in [-0.39, 0.29) is 0 Å². The van der Waals surface area contributed by atoms with Crippen LogP contribution in [0.1, 0.15) is 39.0 Å². The molecule has 0 spiro atoms. The van der Waals surface area contributed by atoms with Crippen molar-refractivity contribution >= 4 is 11.6 Å². The van der Waals surface area contributed by atoms with Gasteiger partial charge in [0, 0.05) is 20.1 Å². The maximum atomic E-state index is 5.51. The van der Waals surface area contributed by atoms with E-state index in [1.165, 1.54) is 32.1 Å². The molecular weight excluding hydrogens is 252 g/mol. The molecule has 1 N–H and O–H groups in total. The number of hydrogen-bond donors (Lipinski definition) is 1. The van der Waals surface area contributed by atoms with Gasteiger partial charge in [0.1, 0.15) is 6.33 Å². The maximum absolute atomic E-state index is 5.51. The van der Waals surface area contributed by atoms with Crippen LogP contribution in [0, 0.1) is 5.92 Å². The zero-order valence-corrected chi connectivity index (χ0v) is 12.9. The fraction of sp³-hybridized carbons (Fsp3) is 0.733. The fourth-order valence-electron chi connectivity index (χ4n) is 2.96. The summed E-state index contributed by atoms with van der Waals surface area (Å²) in [7, 11) is 3.77. The molecule has 0 saturated heterocycles. The van der Waals surface area contributed by atoms with Gasteiger partial charge in [-0.1, -0.05) is 19.3 Å². The normalized spacial score (nSPS) is 15.9. The Morgan fingerprint density at radius 1 is 1.30 bits per heavy atom. The molecule has 2 rings (SSSR count). The second-order valence-corrected chi connectivity index (χ2v) is 5.49. The Labute approximate surface area is 121 Å². The molecule has 1 fully saturated rings. The molecule has 0 radical (unpaired) electrons. The third kappa shape index (κ3) is 3.52. The fourth-order valence-corrected chi connectivity index (χ4v) is 2.96. The van der Waals surface area contributed by atoms with Gasteiger partial charge in [0.15, 0.2) is 11.6 Å². The topological polar surface area (TPSA) is 50.3 Å². The van der Waals surface area contributed by atoms with Crippen molar-refractivity contribution < 1.29 is 4.74 Å². The molecule has 5 heteroatoms. The Morgan fingerprint density at radius 3 is 2.70 bits per heavy atom. The number of hydrogen-bond acceptors (Lipinski definition) is 5. The van der Waals surface area contributed by atoms with E-state index in [0.29, 0.717) is 0 Å². The van der Waals surface area contributed by atoms with Crippen molar-refractivity contribution in [1.82, 2.24) is 9.97 Å². The predicted octanol–water partition coefficient (Wildman–Crippen LogP) is 2.93. The first-order chi connectivity index (χ1) is 9.76. The summed E-state index contributed by atoms with van der Waals surface area (Å²) in [5.74, 6) is 3.17. The summed E-state index contributed by atoms with van der Waals surface area (Å²) in [6.45, 7) is 3.91. The Morgan fingerprint density at radius 2 is 2.05 bits per heavy atom. The summed E-state index contributed by atoms with van der Waals surface area (Å²) < 4.78 is 5.51. The van der Waals surface area contributed by atoms with E-state index in [9.17, 15) is 0 Å². The molecule has 0 aliphatic heterocycles. The number of anilines is 2. The minimum Gasteiger partial charge on any atom is -0.490 e. The van der Waals surface area contributed by atoms with Gasteiger partial charge >= 0.3 is 0 Å². The van der Waals surface area contributed by atoms with Crippen molar-refractivity contribution in [1.29, 1.82) is 0 Å². The summed E-state index contributed by atoms with van der Waals surface area (Å²) in [6, 6.07) is 0. The van der Waals surface area contributed by atoms with Crippen LogP contribution in [0.25, 0.3) is 0 Å². The van der Waals surface area contributed by atoms with Crippen LogP contribution < -0.4 is 15.0 Å². The number of nitrogens with one attached hydrogen (secondary N) is 1. The van der Waals surface area contributed by atoms with Crippen molar-refractivity contribution in [2.24, 2.45) is 5.92 Å². The summed E-state index contributed by atoms with van der Waals surface area (Å²) in [4.78, 5) is 10.9. The lowest BCUT2D eigenvalue weighted by Gasteiger charge is -2.28. The Kier molecular flexibility index (Phi) is 5.44. The second kappa shape index (κ2) is 7.31. The SMILES string of the molecule is CCNc1ncnc(N(C)CC2CCCCC2)c1OC. The number of aromatic nitrogens is 2. The zero-order chi connectivity index (χ0) is 14.4. The van der Waals surface area contributed by atoms with Crippen molar-refractivity contribution in [3.05, 3.63) is 6.33 Å². The van der Waals surface area contributed by atoms with Crippen LogP contribution >= 0.6 is 0 Å². The molecule has 0 bridgehead atoms. The summed E-state index contributed by atoms with van der Waals surface area (Å²) in [5, 5.41) is 3.22. The molecule has 1 heterocycles. The first kappa shape index (κ1) is 14.9. The molecule has 0 aromatic carbocycles. The van der Waals surface area contributed by atoms with Gasteiger partial charge in [-0.05, 0) is 25.7 Å². The lowest BCUT2D eigenvalue weighted by Crippen LogP contribution is -2.28. The highest BCUT2D eigenvalue weighted by Crippen LogP contribution is 2.33. The molecule has 0 amide bonds. The third-order valence-corrected chi connectivity index (χ3v) is 3.95. The Balaban J connectivity index is 2.11. The Hall–Kier alpha value is -1.52. The van der Waals surface area contributed by atoms with E-state index < -0.39 is 0 Å². The van der Waals surface area contributed by atoms with Gasteiger partial charge in [-0.2, -0.15) is 0 Å². The predicted molar refractivity (Wildman–Crippen MR) is 82.6 cm³/mol. The number of nitrogens with zero attached hydrogens (tertiary/aromatic N) is 3. The van der Waals surface area contributed by atoms with E-state index in [2.05, 4.69) is 27.2 Å². The molecular formula is C15H26N4O. The number of rotatable bonds is 6. The van der Waals surface area contributed by atoms with E-state index in [4.69, 9.17) is 4.74 Å². The second-order valence-electron chi connectivity index (χ2n) is 5.49. The summed E-state index contributed by atoms with van der Waals surface area (Å²) in [5.41, 5.74) is 0. The number of ether oxygens (including phenoxy) is 1. The molecule has 1 aliphatic rings. The highest BCUT2D eigenvalue weighted by atomic mass is 16.5. The smallest absolute Gasteiger partial charge is 0.204 e. The van der Waals surface area contributed by atoms with Crippen LogP contribution in [-0.2, 0) is 0 Å². The van der Waals surface area contributed by atoms with Crippen LogP contribution in [0.4, 0.5) is 11.6 Å². The monoisotopic (exact) mass is 278 g/mol. The summed E-state index contributed by atoms with van der Waals surface area (Å²) >= 11 is 0. The lowest BCUT2D eigenvalue weighted by atomic mass is 9.89. The molecule has 112 valence electrons. The lowest BCUT2D eigenvalue weighted by molar-refractivity contribution is 0.359. The molecule has 1 saturated carbocycles. The highest BCUT2D eigenvalue weighted by Gasteiger charge is 2.20. The maximum Gasteiger partial charge on any atom is 0.204 e. The van der Waals surface area contributed by atoms with Crippen molar-refractivity contribution in [2.45, 2.75) is 39.0 Å². The van der Waals surface area contributed by atoms with E-state index in [0.717, 1.165) is 36.4 Å². The molecule has 1 aliphatic carbocycles. The molecule has 1 aromatic rings. The van der Waals surface area contributed by atoms with Gasteiger partial charge in [-0.25, -0.2) is 9.97 Å². The van der Waals surface area contributed by atoms with Crippen molar-refractivity contribution in [3.8, 4) is 5.75 Å². The Bertz CT molecular complexity index is 418. The van der Waals surface area contributed by atoms with Gasteiger partial charge in [-0.15, -0.1) is 0 Å². The average Bonchev–Trinajstić information content (AvgIpc) is 2.48. The van der Waals surface area contributed by atoms with Gasteiger partial charge in [0.05, 0.1) is 7.11 Å². The zero-order valence-electron chi connectivity index (χ0n) is 12.9. The first-order valence-corrected chi connectivity index (χ1v) is 7.60. The first-order valence-electron chi connectivity index (χ1n) is 7.60. The minimum atomic E-state index is 0.743. The molecule has 1 aromatic heterocycles.